The number of esters is 1. The van der Waals surface area contributed by atoms with Gasteiger partial charge in [0, 0.05) is 0 Å². The standard InChI is InChI=1S/C14H18O5/c1-3-14(12(16)17,13(18)19-4-2)9-10-6-5-7-11(15)8-10/h5-8,15H,3-4,9H2,1-2H3,(H,16,17). The lowest BCUT2D eigenvalue weighted by atomic mass is 9.79. The molecular weight excluding hydrogens is 248 g/mol. The first-order valence-electron chi connectivity index (χ1n) is 6.14. The highest BCUT2D eigenvalue weighted by Crippen LogP contribution is 2.30. The third-order valence-electron chi connectivity index (χ3n) is 3.10. The molecule has 0 aromatic heterocycles. The average molecular weight is 266 g/mol. The first-order chi connectivity index (χ1) is 8.96. The van der Waals surface area contributed by atoms with Crippen molar-refractivity contribution in [3.05, 3.63) is 29.8 Å². The second-order valence-corrected chi connectivity index (χ2v) is 4.31. The molecule has 1 aromatic rings. The van der Waals surface area contributed by atoms with E-state index in [1.807, 2.05) is 0 Å². The minimum atomic E-state index is -1.61. The Morgan fingerprint density at radius 3 is 2.47 bits per heavy atom. The number of hydrogen-bond donors (Lipinski definition) is 2. The molecule has 0 heterocycles. The van der Waals surface area contributed by atoms with Crippen LogP contribution in [0.2, 0.25) is 0 Å². The van der Waals surface area contributed by atoms with Gasteiger partial charge in [-0.05, 0) is 37.5 Å². The highest BCUT2D eigenvalue weighted by atomic mass is 16.5. The molecule has 2 N–H and O–H groups in total. The van der Waals surface area contributed by atoms with Crippen LogP contribution in [-0.4, -0.2) is 28.8 Å². The van der Waals surface area contributed by atoms with E-state index in [2.05, 4.69) is 0 Å². The summed E-state index contributed by atoms with van der Waals surface area (Å²) in [5, 5.41) is 18.8. The predicted molar refractivity (Wildman–Crippen MR) is 68.8 cm³/mol. The third-order valence-corrected chi connectivity index (χ3v) is 3.10. The monoisotopic (exact) mass is 266 g/mol. The summed E-state index contributed by atoms with van der Waals surface area (Å²) >= 11 is 0. The highest BCUT2D eigenvalue weighted by Gasteiger charge is 2.46. The van der Waals surface area contributed by atoms with Crippen molar-refractivity contribution < 1.29 is 24.5 Å². The lowest BCUT2D eigenvalue weighted by Gasteiger charge is -2.25. The Morgan fingerprint density at radius 1 is 1.32 bits per heavy atom. The summed E-state index contributed by atoms with van der Waals surface area (Å²) in [6.07, 6.45) is 0.114. The number of carboxylic acid groups (broad SMARTS) is 1. The van der Waals surface area contributed by atoms with E-state index in [1.165, 1.54) is 12.1 Å². The molecule has 0 aliphatic heterocycles. The summed E-state index contributed by atoms with van der Waals surface area (Å²) in [6, 6.07) is 6.22. The molecule has 1 unspecified atom stereocenters. The second kappa shape index (κ2) is 6.22. The maximum atomic E-state index is 12.0. The number of ether oxygens (including phenoxy) is 1. The molecule has 1 rings (SSSR count). The largest absolute Gasteiger partial charge is 0.508 e. The maximum absolute atomic E-state index is 12.0. The van der Waals surface area contributed by atoms with E-state index in [-0.39, 0.29) is 25.2 Å². The first-order valence-corrected chi connectivity index (χ1v) is 6.14. The number of rotatable bonds is 6. The summed E-state index contributed by atoms with van der Waals surface area (Å²) in [7, 11) is 0. The van der Waals surface area contributed by atoms with Crippen molar-refractivity contribution in [3.8, 4) is 5.75 Å². The molecule has 0 aliphatic rings. The summed E-state index contributed by atoms with van der Waals surface area (Å²) in [5.41, 5.74) is -1.03. The molecule has 0 bridgehead atoms. The fourth-order valence-electron chi connectivity index (χ4n) is 1.94. The van der Waals surface area contributed by atoms with Crippen LogP contribution in [0.25, 0.3) is 0 Å². The number of carbonyl (C=O) groups excluding carboxylic acids is 1. The molecule has 5 heteroatoms. The fraction of sp³-hybridized carbons (Fsp3) is 0.429. The highest BCUT2D eigenvalue weighted by molar-refractivity contribution is 5.99. The van der Waals surface area contributed by atoms with E-state index in [0.29, 0.717) is 5.56 Å². The van der Waals surface area contributed by atoms with Crippen molar-refractivity contribution in [2.45, 2.75) is 26.7 Å². The van der Waals surface area contributed by atoms with E-state index in [0.717, 1.165) is 0 Å². The van der Waals surface area contributed by atoms with E-state index in [4.69, 9.17) is 4.74 Å². The molecule has 1 atom stereocenters. The van der Waals surface area contributed by atoms with Gasteiger partial charge in [0.05, 0.1) is 6.61 Å². The van der Waals surface area contributed by atoms with Crippen LogP contribution in [0.4, 0.5) is 0 Å². The van der Waals surface area contributed by atoms with Gasteiger partial charge in [0.25, 0.3) is 0 Å². The minimum Gasteiger partial charge on any atom is -0.508 e. The molecule has 0 saturated carbocycles. The number of phenolic OH excluding ortho intramolecular Hbond substituents is 1. The van der Waals surface area contributed by atoms with Crippen LogP contribution in [0.1, 0.15) is 25.8 Å². The number of carboxylic acids is 1. The molecule has 5 nitrogen and oxygen atoms in total. The molecule has 0 aliphatic carbocycles. The molecular formula is C14H18O5. The molecule has 104 valence electrons. The number of aliphatic carboxylic acids is 1. The van der Waals surface area contributed by atoms with Crippen molar-refractivity contribution in [2.24, 2.45) is 5.41 Å². The van der Waals surface area contributed by atoms with Crippen LogP contribution >= 0.6 is 0 Å². The summed E-state index contributed by atoms with van der Waals surface area (Å²) in [5.74, 6) is -1.91. The van der Waals surface area contributed by atoms with Gasteiger partial charge in [-0.25, -0.2) is 0 Å². The van der Waals surface area contributed by atoms with Crippen molar-refractivity contribution in [2.75, 3.05) is 6.61 Å². The Hall–Kier alpha value is -2.04. The second-order valence-electron chi connectivity index (χ2n) is 4.31. The van der Waals surface area contributed by atoms with Gasteiger partial charge in [0.2, 0.25) is 0 Å². The summed E-state index contributed by atoms with van der Waals surface area (Å²) in [6.45, 7) is 3.40. The van der Waals surface area contributed by atoms with Gasteiger partial charge in [-0.2, -0.15) is 0 Å². The van der Waals surface area contributed by atoms with Crippen LogP contribution in [0.3, 0.4) is 0 Å². The number of hydrogen-bond acceptors (Lipinski definition) is 4. The van der Waals surface area contributed by atoms with Crippen LogP contribution in [0.15, 0.2) is 24.3 Å². The van der Waals surface area contributed by atoms with Gasteiger partial charge in [-0.3, -0.25) is 9.59 Å². The molecule has 1 aromatic carbocycles. The Balaban J connectivity index is 3.10. The van der Waals surface area contributed by atoms with Crippen LogP contribution in [-0.2, 0) is 20.7 Å². The normalized spacial score (nSPS) is 13.6. The zero-order chi connectivity index (χ0) is 14.5. The molecule has 0 spiro atoms. The zero-order valence-corrected chi connectivity index (χ0v) is 11.0. The first kappa shape index (κ1) is 15.0. The van der Waals surface area contributed by atoms with Crippen LogP contribution in [0.5, 0.6) is 5.75 Å². The minimum absolute atomic E-state index is 0.00787. The van der Waals surface area contributed by atoms with E-state index < -0.39 is 17.4 Å². The number of benzene rings is 1. The number of carbonyl (C=O) groups is 2. The quantitative estimate of drug-likeness (QED) is 0.607. The van der Waals surface area contributed by atoms with E-state index >= 15 is 0 Å². The number of phenols is 1. The number of aromatic hydroxyl groups is 1. The van der Waals surface area contributed by atoms with Gasteiger partial charge >= 0.3 is 11.9 Å². The average Bonchev–Trinajstić information content (AvgIpc) is 2.36. The molecule has 0 amide bonds. The Kier molecular flexibility index (Phi) is 4.92. The predicted octanol–water partition coefficient (Wildman–Crippen LogP) is 1.98. The Bertz CT molecular complexity index is 469. The van der Waals surface area contributed by atoms with Gasteiger partial charge in [0.15, 0.2) is 5.41 Å². The van der Waals surface area contributed by atoms with Crippen molar-refractivity contribution in [1.29, 1.82) is 0 Å². The maximum Gasteiger partial charge on any atom is 0.323 e. The fourth-order valence-corrected chi connectivity index (χ4v) is 1.94. The molecule has 0 fully saturated rings. The summed E-state index contributed by atoms with van der Waals surface area (Å²) in [4.78, 5) is 23.5. The van der Waals surface area contributed by atoms with E-state index in [1.54, 1.807) is 26.0 Å². The van der Waals surface area contributed by atoms with Crippen LogP contribution in [0, 0.1) is 5.41 Å². The zero-order valence-electron chi connectivity index (χ0n) is 11.0. The van der Waals surface area contributed by atoms with Gasteiger partial charge in [-0.1, -0.05) is 19.1 Å². The topological polar surface area (TPSA) is 83.8 Å². The Labute approximate surface area is 111 Å². The van der Waals surface area contributed by atoms with Gasteiger partial charge in [0.1, 0.15) is 5.75 Å². The molecule has 0 radical (unpaired) electrons. The third kappa shape index (κ3) is 3.24. The van der Waals surface area contributed by atoms with Gasteiger partial charge in [-0.15, -0.1) is 0 Å². The van der Waals surface area contributed by atoms with E-state index in [9.17, 15) is 19.8 Å². The lowest BCUT2D eigenvalue weighted by molar-refractivity contribution is -0.168. The SMILES string of the molecule is CCOC(=O)C(CC)(Cc1cccc(O)c1)C(=O)O. The van der Waals surface area contributed by atoms with Crippen molar-refractivity contribution in [1.82, 2.24) is 0 Å². The Morgan fingerprint density at radius 2 is 2.00 bits per heavy atom. The lowest BCUT2D eigenvalue weighted by Crippen LogP contribution is -2.42. The van der Waals surface area contributed by atoms with Crippen molar-refractivity contribution >= 4 is 11.9 Å². The summed E-state index contributed by atoms with van der Waals surface area (Å²) < 4.78 is 4.88. The van der Waals surface area contributed by atoms with Crippen molar-refractivity contribution in [3.63, 3.8) is 0 Å². The van der Waals surface area contributed by atoms with Crippen LogP contribution < -0.4 is 0 Å². The molecule has 0 saturated heterocycles. The smallest absolute Gasteiger partial charge is 0.323 e. The molecule has 19 heavy (non-hydrogen) atoms. The van der Waals surface area contributed by atoms with Gasteiger partial charge < -0.3 is 14.9 Å².